The smallest absolute Gasteiger partial charge is 0.284 e. The summed E-state index contributed by atoms with van der Waals surface area (Å²) < 4.78 is 5.27. The van der Waals surface area contributed by atoms with Gasteiger partial charge in [0, 0.05) is 5.57 Å². The first kappa shape index (κ1) is 11.0. The van der Waals surface area contributed by atoms with E-state index in [9.17, 15) is 4.79 Å². The van der Waals surface area contributed by atoms with E-state index in [0.717, 1.165) is 5.57 Å². The van der Waals surface area contributed by atoms with E-state index in [1.807, 2.05) is 19.1 Å². The first-order valence-corrected chi connectivity index (χ1v) is 4.54. The van der Waals surface area contributed by atoms with Gasteiger partial charge in [-0.25, -0.2) is 0 Å². The SMILES string of the molecule is C=C/C=C\C(=C/C)c1ccc(C(N)=O)o1. The Morgan fingerprint density at radius 2 is 2.13 bits per heavy atom. The number of hydrogen-bond donors (Lipinski definition) is 1. The molecule has 0 spiro atoms. The van der Waals surface area contributed by atoms with Crippen LogP contribution in [-0.2, 0) is 0 Å². The van der Waals surface area contributed by atoms with Crippen molar-refractivity contribution in [3.05, 3.63) is 54.5 Å². The maximum Gasteiger partial charge on any atom is 0.284 e. The number of carbonyl (C=O) groups is 1. The molecule has 1 heterocycles. The van der Waals surface area contributed by atoms with Crippen LogP contribution in [0.2, 0.25) is 0 Å². The Balaban J connectivity index is 2.98. The van der Waals surface area contributed by atoms with Crippen LogP contribution in [-0.4, -0.2) is 5.91 Å². The Kier molecular flexibility index (Phi) is 3.68. The summed E-state index contributed by atoms with van der Waals surface area (Å²) in [6, 6.07) is 3.27. The van der Waals surface area contributed by atoms with Gasteiger partial charge in [-0.3, -0.25) is 4.79 Å². The number of amides is 1. The predicted octanol–water partition coefficient (Wildman–Crippen LogP) is 2.52. The largest absolute Gasteiger partial charge is 0.451 e. The van der Waals surface area contributed by atoms with E-state index >= 15 is 0 Å². The quantitative estimate of drug-likeness (QED) is 0.764. The standard InChI is InChI=1S/C12H13NO2/c1-3-5-6-9(4-2)10-7-8-11(15-10)12(13)14/h3-8H,1H2,2H3,(H2,13,14)/b6-5-,9-4+. The summed E-state index contributed by atoms with van der Waals surface area (Å²) in [7, 11) is 0. The minimum atomic E-state index is -0.565. The molecule has 3 heteroatoms. The number of hydrogen-bond acceptors (Lipinski definition) is 2. The van der Waals surface area contributed by atoms with Gasteiger partial charge in [0.15, 0.2) is 5.76 Å². The second-order valence-corrected chi connectivity index (χ2v) is 2.87. The topological polar surface area (TPSA) is 56.2 Å². The average Bonchev–Trinajstić information content (AvgIpc) is 2.68. The Morgan fingerprint density at radius 3 is 2.60 bits per heavy atom. The highest BCUT2D eigenvalue weighted by molar-refractivity contribution is 5.90. The van der Waals surface area contributed by atoms with Crippen molar-refractivity contribution in [2.24, 2.45) is 5.73 Å². The van der Waals surface area contributed by atoms with Gasteiger partial charge in [0.2, 0.25) is 0 Å². The van der Waals surface area contributed by atoms with Crippen LogP contribution < -0.4 is 5.73 Å². The van der Waals surface area contributed by atoms with Gasteiger partial charge in [-0.1, -0.05) is 30.9 Å². The molecule has 0 saturated carbocycles. The Bertz CT molecular complexity index is 425. The molecule has 15 heavy (non-hydrogen) atoms. The summed E-state index contributed by atoms with van der Waals surface area (Å²) in [5.41, 5.74) is 5.96. The van der Waals surface area contributed by atoms with Crippen molar-refractivity contribution in [2.45, 2.75) is 6.92 Å². The van der Waals surface area contributed by atoms with Crippen LogP contribution in [0.4, 0.5) is 0 Å². The van der Waals surface area contributed by atoms with Crippen molar-refractivity contribution in [3.63, 3.8) is 0 Å². The number of primary amides is 1. The lowest BCUT2D eigenvalue weighted by Crippen LogP contribution is -2.09. The molecule has 0 saturated heterocycles. The van der Waals surface area contributed by atoms with E-state index in [4.69, 9.17) is 10.2 Å². The van der Waals surface area contributed by atoms with Gasteiger partial charge in [-0.15, -0.1) is 0 Å². The molecule has 0 unspecified atom stereocenters. The van der Waals surface area contributed by atoms with E-state index in [2.05, 4.69) is 6.58 Å². The fourth-order valence-corrected chi connectivity index (χ4v) is 1.12. The fourth-order valence-electron chi connectivity index (χ4n) is 1.12. The lowest BCUT2D eigenvalue weighted by molar-refractivity contribution is 0.0973. The summed E-state index contributed by atoms with van der Waals surface area (Å²) >= 11 is 0. The van der Waals surface area contributed by atoms with Crippen molar-refractivity contribution >= 4 is 11.5 Å². The summed E-state index contributed by atoms with van der Waals surface area (Å²) in [5.74, 6) is 0.213. The number of nitrogens with two attached hydrogens (primary N) is 1. The van der Waals surface area contributed by atoms with E-state index < -0.39 is 5.91 Å². The molecule has 1 aromatic heterocycles. The zero-order chi connectivity index (χ0) is 11.3. The lowest BCUT2D eigenvalue weighted by Gasteiger charge is -1.95. The third kappa shape index (κ3) is 2.71. The third-order valence-electron chi connectivity index (χ3n) is 1.86. The van der Waals surface area contributed by atoms with Crippen LogP contribution in [0.5, 0.6) is 0 Å². The molecule has 1 rings (SSSR count). The number of allylic oxidation sites excluding steroid dienone is 5. The minimum absolute atomic E-state index is 0.163. The first-order chi connectivity index (χ1) is 7.19. The maximum absolute atomic E-state index is 10.8. The molecular formula is C12H13NO2. The fraction of sp³-hybridized carbons (Fsp3) is 0.0833. The van der Waals surface area contributed by atoms with Gasteiger partial charge in [0.1, 0.15) is 5.76 Å². The third-order valence-corrected chi connectivity index (χ3v) is 1.86. The highest BCUT2D eigenvalue weighted by atomic mass is 16.3. The number of carbonyl (C=O) groups excluding carboxylic acids is 1. The molecule has 78 valence electrons. The molecule has 0 fully saturated rings. The van der Waals surface area contributed by atoms with Gasteiger partial charge in [0.05, 0.1) is 0 Å². The van der Waals surface area contributed by atoms with Gasteiger partial charge >= 0.3 is 0 Å². The normalized spacial score (nSPS) is 11.9. The molecule has 0 aliphatic rings. The van der Waals surface area contributed by atoms with Crippen LogP contribution >= 0.6 is 0 Å². The maximum atomic E-state index is 10.8. The summed E-state index contributed by atoms with van der Waals surface area (Å²) in [6.45, 7) is 5.46. The molecule has 0 radical (unpaired) electrons. The monoisotopic (exact) mass is 203 g/mol. The average molecular weight is 203 g/mol. The van der Waals surface area contributed by atoms with Crippen molar-refractivity contribution in [3.8, 4) is 0 Å². The lowest BCUT2D eigenvalue weighted by atomic mass is 10.2. The Hall–Kier alpha value is -2.03. The molecule has 1 amide bonds. The zero-order valence-electron chi connectivity index (χ0n) is 8.57. The van der Waals surface area contributed by atoms with E-state index in [1.165, 1.54) is 0 Å². The molecule has 0 bridgehead atoms. The van der Waals surface area contributed by atoms with Crippen LogP contribution in [0.25, 0.3) is 5.57 Å². The molecule has 0 aliphatic heterocycles. The molecular weight excluding hydrogens is 190 g/mol. The van der Waals surface area contributed by atoms with Crippen molar-refractivity contribution in [1.29, 1.82) is 0 Å². The summed E-state index contributed by atoms with van der Waals surface area (Å²) in [4.78, 5) is 10.8. The highest BCUT2D eigenvalue weighted by Gasteiger charge is 2.08. The van der Waals surface area contributed by atoms with Crippen molar-refractivity contribution in [1.82, 2.24) is 0 Å². The molecule has 3 nitrogen and oxygen atoms in total. The second kappa shape index (κ2) is 5.00. The first-order valence-electron chi connectivity index (χ1n) is 4.54. The van der Waals surface area contributed by atoms with Crippen molar-refractivity contribution < 1.29 is 9.21 Å². The van der Waals surface area contributed by atoms with Gasteiger partial charge in [-0.2, -0.15) is 0 Å². The van der Waals surface area contributed by atoms with E-state index in [1.54, 1.807) is 24.3 Å². The minimum Gasteiger partial charge on any atom is -0.451 e. The van der Waals surface area contributed by atoms with E-state index in [-0.39, 0.29) is 5.76 Å². The van der Waals surface area contributed by atoms with E-state index in [0.29, 0.717) is 5.76 Å². The molecule has 2 N–H and O–H groups in total. The molecule has 0 aromatic carbocycles. The number of furan rings is 1. The zero-order valence-corrected chi connectivity index (χ0v) is 8.57. The second-order valence-electron chi connectivity index (χ2n) is 2.87. The molecule has 0 aliphatic carbocycles. The van der Waals surface area contributed by atoms with Gasteiger partial charge in [-0.05, 0) is 19.1 Å². The Morgan fingerprint density at radius 1 is 1.47 bits per heavy atom. The van der Waals surface area contributed by atoms with Crippen LogP contribution in [0.1, 0.15) is 23.2 Å². The van der Waals surface area contributed by atoms with Gasteiger partial charge in [0.25, 0.3) is 5.91 Å². The highest BCUT2D eigenvalue weighted by Crippen LogP contribution is 2.18. The number of rotatable bonds is 4. The van der Waals surface area contributed by atoms with Crippen molar-refractivity contribution in [2.75, 3.05) is 0 Å². The van der Waals surface area contributed by atoms with Crippen LogP contribution in [0, 0.1) is 0 Å². The summed E-state index contributed by atoms with van der Waals surface area (Å²) in [6.07, 6.45) is 7.18. The van der Waals surface area contributed by atoms with Gasteiger partial charge < -0.3 is 10.2 Å². The van der Waals surface area contributed by atoms with Crippen LogP contribution in [0.15, 0.2) is 47.4 Å². The summed E-state index contributed by atoms with van der Waals surface area (Å²) in [5, 5.41) is 0. The molecule has 0 atom stereocenters. The Labute approximate surface area is 88.6 Å². The predicted molar refractivity (Wildman–Crippen MR) is 60.2 cm³/mol. The van der Waals surface area contributed by atoms with Crippen LogP contribution in [0.3, 0.4) is 0 Å². The molecule has 1 aromatic rings.